The Morgan fingerprint density at radius 3 is 2.59 bits per heavy atom. The van der Waals surface area contributed by atoms with Crippen LogP contribution in [0.15, 0.2) is 54.9 Å². The summed E-state index contributed by atoms with van der Waals surface area (Å²) in [5.74, 6) is -2.23. The van der Waals surface area contributed by atoms with Gasteiger partial charge in [0.05, 0.1) is 32.3 Å². The molecule has 37 heavy (non-hydrogen) atoms. The molecule has 1 spiro atoms. The van der Waals surface area contributed by atoms with Crippen molar-refractivity contribution >= 4 is 5.97 Å². The van der Waals surface area contributed by atoms with E-state index in [1.54, 1.807) is 30.3 Å². The minimum absolute atomic E-state index is 0.202. The molecule has 2 unspecified atom stereocenters. The van der Waals surface area contributed by atoms with Gasteiger partial charge in [-0.3, -0.25) is 9.36 Å². The van der Waals surface area contributed by atoms with Crippen molar-refractivity contribution in [2.45, 2.75) is 42.9 Å². The molecule has 5 rings (SSSR count). The Morgan fingerprint density at radius 2 is 1.92 bits per heavy atom. The summed E-state index contributed by atoms with van der Waals surface area (Å²) in [4.78, 5) is 16.2. The fourth-order valence-electron chi connectivity index (χ4n) is 6.00. The van der Waals surface area contributed by atoms with Gasteiger partial charge in [0.25, 0.3) is 0 Å². The molecule has 6 nitrogen and oxygen atoms in total. The lowest BCUT2D eigenvalue weighted by Gasteiger charge is -2.33. The Kier molecular flexibility index (Phi) is 6.47. The summed E-state index contributed by atoms with van der Waals surface area (Å²) in [7, 11) is 2.85. The van der Waals surface area contributed by atoms with E-state index >= 15 is 0 Å². The van der Waals surface area contributed by atoms with E-state index in [9.17, 15) is 22.4 Å². The highest BCUT2D eigenvalue weighted by Crippen LogP contribution is 2.57. The van der Waals surface area contributed by atoms with E-state index in [4.69, 9.17) is 14.2 Å². The number of ether oxygens (including phenoxy) is 3. The molecule has 2 heterocycles. The highest BCUT2D eigenvalue weighted by Gasteiger charge is 2.56. The van der Waals surface area contributed by atoms with E-state index in [0.717, 1.165) is 16.3 Å². The van der Waals surface area contributed by atoms with Gasteiger partial charge in [-0.15, -0.1) is 0 Å². The minimum Gasteiger partial charge on any atom is -0.496 e. The molecular formula is C27H26F4N2O4. The molecule has 1 aromatic heterocycles. The van der Waals surface area contributed by atoms with Crippen molar-refractivity contribution in [3.63, 3.8) is 0 Å². The maximum atomic E-state index is 13.7. The van der Waals surface area contributed by atoms with E-state index in [1.807, 2.05) is 0 Å². The summed E-state index contributed by atoms with van der Waals surface area (Å²) in [5.41, 5.74) is 1.08. The largest absolute Gasteiger partial charge is 0.496 e. The number of hydrogen-bond donors (Lipinski definition) is 0. The number of methoxy groups -OCH3 is 2. The van der Waals surface area contributed by atoms with E-state index in [-0.39, 0.29) is 23.6 Å². The molecule has 1 saturated carbocycles. The predicted octanol–water partition coefficient (Wildman–Crippen LogP) is 5.65. The van der Waals surface area contributed by atoms with Gasteiger partial charge >= 0.3 is 12.1 Å². The quantitative estimate of drug-likeness (QED) is 0.323. The van der Waals surface area contributed by atoms with E-state index in [0.29, 0.717) is 42.9 Å². The molecular weight excluding hydrogens is 492 g/mol. The lowest BCUT2D eigenvalue weighted by atomic mass is 9.76. The molecule has 0 amide bonds. The molecule has 1 aliphatic heterocycles. The molecule has 10 heteroatoms. The summed E-state index contributed by atoms with van der Waals surface area (Å²) in [5, 5.41) is 0. The summed E-state index contributed by atoms with van der Waals surface area (Å²) >= 11 is 0. The van der Waals surface area contributed by atoms with Crippen LogP contribution in [0.5, 0.6) is 5.75 Å². The molecule has 0 radical (unpaired) electrons. The van der Waals surface area contributed by atoms with Gasteiger partial charge in [0.1, 0.15) is 11.6 Å². The van der Waals surface area contributed by atoms with Crippen LogP contribution >= 0.6 is 0 Å². The zero-order valence-electron chi connectivity index (χ0n) is 20.3. The van der Waals surface area contributed by atoms with E-state index in [2.05, 4.69) is 4.98 Å². The highest BCUT2D eigenvalue weighted by molar-refractivity contribution is 5.74. The first-order valence-electron chi connectivity index (χ1n) is 11.9. The molecule has 0 N–H and O–H groups in total. The van der Waals surface area contributed by atoms with Gasteiger partial charge in [-0.05, 0) is 55.2 Å². The number of aromatic nitrogens is 2. The molecule has 3 aromatic rings. The number of carbonyl (C=O) groups is 1. The molecule has 0 bridgehead atoms. The number of benzene rings is 2. The summed E-state index contributed by atoms with van der Waals surface area (Å²) in [6.45, 7) is 0.293. The second kappa shape index (κ2) is 9.48. The van der Waals surface area contributed by atoms with Gasteiger partial charge in [0, 0.05) is 35.5 Å². The smallest absolute Gasteiger partial charge is 0.450 e. The monoisotopic (exact) mass is 518 g/mol. The second-order valence-electron chi connectivity index (χ2n) is 9.52. The van der Waals surface area contributed by atoms with Gasteiger partial charge in [-0.1, -0.05) is 12.1 Å². The Hall–Kier alpha value is -3.40. The summed E-state index contributed by atoms with van der Waals surface area (Å²) in [6.07, 6.45) is -0.587. The van der Waals surface area contributed by atoms with Crippen molar-refractivity contribution in [1.82, 2.24) is 9.55 Å². The summed E-state index contributed by atoms with van der Waals surface area (Å²) < 4.78 is 72.2. The lowest BCUT2D eigenvalue weighted by molar-refractivity contribution is -0.147. The standard InChI is InChI=1S/C27H26F4N2O4/c1-35-22-8-7-19(33-12-11-32-25(33)27(29,30)31)13-21(22)17-14-26(37-15-17)10-9-20(24(34)36-2)23(26)16-3-5-18(28)6-4-16/h3-8,11-13,17,20,23H,9-10,14-15H2,1-2H3/t17?,20-,23?,26+/m0/s1. The maximum Gasteiger partial charge on any atom is 0.450 e. The second-order valence-corrected chi connectivity index (χ2v) is 9.52. The van der Waals surface area contributed by atoms with E-state index in [1.165, 1.54) is 32.5 Å². The van der Waals surface area contributed by atoms with Crippen LogP contribution in [-0.4, -0.2) is 41.9 Å². The van der Waals surface area contributed by atoms with Gasteiger partial charge in [-0.2, -0.15) is 13.2 Å². The average Bonchev–Trinajstić information content (AvgIpc) is 3.63. The fraction of sp³-hybridized carbons (Fsp3) is 0.407. The number of carbonyl (C=O) groups excluding carboxylic acids is 1. The first kappa shape index (κ1) is 25.3. The lowest BCUT2D eigenvalue weighted by Crippen LogP contribution is -2.35. The third kappa shape index (κ3) is 4.47. The zero-order chi connectivity index (χ0) is 26.4. The summed E-state index contributed by atoms with van der Waals surface area (Å²) in [6, 6.07) is 10.9. The first-order valence-corrected chi connectivity index (χ1v) is 11.9. The maximum absolute atomic E-state index is 13.7. The van der Waals surface area contributed by atoms with Crippen LogP contribution in [-0.2, 0) is 20.4 Å². The number of imidazole rings is 1. The van der Waals surface area contributed by atoms with Crippen molar-refractivity contribution in [2.75, 3.05) is 20.8 Å². The zero-order valence-corrected chi connectivity index (χ0v) is 20.3. The topological polar surface area (TPSA) is 62.6 Å². The molecule has 2 aromatic carbocycles. The number of nitrogens with zero attached hydrogens (tertiary/aromatic N) is 2. The van der Waals surface area contributed by atoms with Crippen LogP contribution in [0.1, 0.15) is 48.0 Å². The van der Waals surface area contributed by atoms with Crippen LogP contribution in [0, 0.1) is 11.7 Å². The third-order valence-electron chi connectivity index (χ3n) is 7.57. The molecule has 1 saturated heterocycles. The molecule has 4 atom stereocenters. The van der Waals surface area contributed by atoms with Crippen LogP contribution < -0.4 is 4.74 Å². The Morgan fingerprint density at radius 1 is 1.16 bits per heavy atom. The van der Waals surface area contributed by atoms with Crippen molar-refractivity contribution in [1.29, 1.82) is 0 Å². The Labute approximate surface area is 211 Å². The first-order chi connectivity index (χ1) is 17.7. The SMILES string of the molecule is COC(=O)[C@H]1CC[C@@]2(CC(c3cc(-n4ccnc4C(F)(F)F)ccc3OC)CO2)C1c1ccc(F)cc1. The van der Waals surface area contributed by atoms with Crippen molar-refractivity contribution in [3.8, 4) is 11.4 Å². The van der Waals surface area contributed by atoms with Crippen molar-refractivity contribution in [2.24, 2.45) is 5.92 Å². The van der Waals surface area contributed by atoms with Crippen LogP contribution in [0.3, 0.4) is 0 Å². The number of rotatable bonds is 5. The number of alkyl halides is 3. The Balaban J connectivity index is 1.51. The molecule has 1 aliphatic carbocycles. The fourth-order valence-corrected chi connectivity index (χ4v) is 6.00. The third-order valence-corrected chi connectivity index (χ3v) is 7.57. The normalized spacial score (nSPS) is 25.5. The molecule has 2 aliphatic rings. The van der Waals surface area contributed by atoms with Crippen molar-refractivity contribution < 1.29 is 36.6 Å². The van der Waals surface area contributed by atoms with Crippen LogP contribution in [0.2, 0.25) is 0 Å². The molecule has 2 fully saturated rings. The van der Waals surface area contributed by atoms with Gasteiger partial charge in [0.15, 0.2) is 0 Å². The Bertz CT molecular complexity index is 1290. The molecule has 196 valence electrons. The van der Waals surface area contributed by atoms with Crippen LogP contribution in [0.25, 0.3) is 5.69 Å². The van der Waals surface area contributed by atoms with Gasteiger partial charge in [0.2, 0.25) is 5.82 Å². The average molecular weight is 519 g/mol. The van der Waals surface area contributed by atoms with Crippen molar-refractivity contribution in [3.05, 3.63) is 77.6 Å². The minimum atomic E-state index is -4.61. The number of esters is 1. The van der Waals surface area contributed by atoms with Crippen LogP contribution in [0.4, 0.5) is 17.6 Å². The van der Waals surface area contributed by atoms with Gasteiger partial charge in [-0.25, -0.2) is 9.37 Å². The van der Waals surface area contributed by atoms with E-state index < -0.39 is 23.5 Å². The van der Waals surface area contributed by atoms with Gasteiger partial charge < -0.3 is 14.2 Å². The number of hydrogen-bond acceptors (Lipinski definition) is 5. The highest BCUT2D eigenvalue weighted by atomic mass is 19.4. The predicted molar refractivity (Wildman–Crippen MR) is 125 cm³/mol. The number of halogens is 4.